The maximum atomic E-state index is 12.8. The summed E-state index contributed by atoms with van der Waals surface area (Å²) >= 11 is 6.11. The Morgan fingerprint density at radius 3 is 2.21 bits per heavy atom. The van der Waals surface area contributed by atoms with Crippen molar-refractivity contribution in [2.24, 2.45) is 0 Å². The predicted octanol–water partition coefficient (Wildman–Crippen LogP) is 4.76. The SMILES string of the molecule is COc1ccc(/C=C(\NC(=O)c2ccccc2Cl)C(=O)Nc2ccccc2)cc1. The summed E-state index contributed by atoms with van der Waals surface area (Å²) in [6.07, 6.45) is 1.59. The average Bonchev–Trinajstić information content (AvgIpc) is 2.74. The maximum Gasteiger partial charge on any atom is 0.272 e. The molecule has 0 saturated heterocycles. The first-order chi connectivity index (χ1) is 14.1. The van der Waals surface area contributed by atoms with Gasteiger partial charge in [-0.15, -0.1) is 0 Å². The molecule has 0 atom stereocenters. The molecule has 0 radical (unpaired) electrons. The fourth-order valence-electron chi connectivity index (χ4n) is 2.58. The number of hydrogen-bond donors (Lipinski definition) is 2. The van der Waals surface area contributed by atoms with Gasteiger partial charge in [-0.25, -0.2) is 0 Å². The normalized spacial score (nSPS) is 10.9. The number of methoxy groups -OCH3 is 1. The van der Waals surface area contributed by atoms with Crippen molar-refractivity contribution in [1.82, 2.24) is 5.32 Å². The Morgan fingerprint density at radius 1 is 0.897 bits per heavy atom. The molecule has 0 aromatic heterocycles. The summed E-state index contributed by atoms with van der Waals surface area (Å²) in [4.78, 5) is 25.5. The Hall–Kier alpha value is -3.57. The van der Waals surface area contributed by atoms with Crippen LogP contribution in [-0.2, 0) is 4.79 Å². The fourth-order valence-corrected chi connectivity index (χ4v) is 2.80. The quantitative estimate of drug-likeness (QED) is 0.580. The van der Waals surface area contributed by atoms with Gasteiger partial charge in [-0.2, -0.15) is 0 Å². The van der Waals surface area contributed by atoms with Crippen LogP contribution in [0.15, 0.2) is 84.6 Å². The number of carbonyl (C=O) groups excluding carboxylic acids is 2. The molecule has 3 rings (SSSR count). The van der Waals surface area contributed by atoms with Gasteiger partial charge in [0.15, 0.2) is 0 Å². The summed E-state index contributed by atoms with van der Waals surface area (Å²) < 4.78 is 5.15. The summed E-state index contributed by atoms with van der Waals surface area (Å²) in [5.41, 5.74) is 1.71. The monoisotopic (exact) mass is 406 g/mol. The standard InChI is InChI=1S/C23H19ClN2O3/c1-29-18-13-11-16(12-14-18)15-21(23(28)25-17-7-3-2-4-8-17)26-22(27)19-9-5-6-10-20(19)24/h2-15H,1H3,(H,25,28)(H,26,27)/b21-15-. The van der Waals surface area contributed by atoms with E-state index in [-0.39, 0.29) is 11.3 Å². The smallest absolute Gasteiger partial charge is 0.272 e. The summed E-state index contributed by atoms with van der Waals surface area (Å²) in [6, 6.07) is 22.8. The zero-order chi connectivity index (χ0) is 20.6. The minimum Gasteiger partial charge on any atom is -0.497 e. The zero-order valence-corrected chi connectivity index (χ0v) is 16.4. The summed E-state index contributed by atoms with van der Waals surface area (Å²) in [6.45, 7) is 0. The van der Waals surface area contributed by atoms with E-state index in [1.807, 2.05) is 18.2 Å². The number of carbonyl (C=O) groups is 2. The number of halogens is 1. The van der Waals surface area contributed by atoms with Crippen LogP contribution in [0.25, 0.3) is 6.08 Å². The maximum absolute atomic E-state index is 12.8. The molecule has 3 aromatic carbocycles. The molecular weight excluding hydrogens is 388 g/mol. The molecule has 0 aliphatic rings. The van der Waals surface area contributed by atoms with Crippen molar-refractivity contribution in [3.05, 3.63) is 101 Å². The Labute approximate surface area is 174 Å². The van der Waals surface area contributed by atoms with E-state index >= 15 is 0 Å². The van der Waals surface area contributed by atoms with Crippen LogP contribution < -0.4 is 15.4 Å². The highest BCUT2D eigenvalue weighted by atomic mass is 35.5. The van der Waals surface area contributed by atoms with E-state index in [1.165, 1.54) is 0 Å². The summed E-state index contributed by atoms with van der Waals surface area (Å²) in [5, 5.41) is 5.75. The van der Waals surface area contributed by atoms with Crippen molar-refractivity contribution < 1.29 is 14.3 Å². The molecule has 0 fully saturated rings. The Morgan fingerprint density at radius 2 is 1.55 bits per heavy atom. The van der Waals surface area contributed by atoms with Crippen LogP contribution >= 0.6 is 11.6 Å². The second kappa shape index (κ2) is 9.57. The molecule has 0 bridgehead atoms. The molecule has 0 unspecified atom stereocenters. The topological polar surface area (TPSA) is 67.4 Å². The first kappa shape index (κ1) is 20.2. The number of amides is 2. The molecule has 6 heteroatoms. The number of benzene rings is 3. The first-order valence-electron chi connectivity index (χ1n) is 8.85. The molecule has 0 aliphatic carbocycles. The lowest BCUT2D eigenvalue weighted by Gasteiger charge is -2.12. The van der Waals surface area contributed by atoms with Crippen LogP contribution in [0, 0.1) is 0 Å². The van der Waals surface area contributed by atoms with E-state index in [0.29, 0.717) is 16.5 Å². The number of anilines is 1. The van der Waals surface area contributed by atoms with Crippen LogP contribution in [0.4, 0.5) is 5.69 Å². The van der Waals surface area contributed by atoms with Gasteiger partial charge in [-0.1, -0.05) is 54.1 Å². The van der Waals surface area contributed by atoms with Gasteiger partial charge in [-0.05, 0) is 48.0 Å². The van der Waals surface area contributed by atoms with Crippen molar-refractivity contribution in [3.8, 4) is 5.75 Å². The molecule has 146 valence electrons. The van der Waals surface area contributed by atoms with Crippen LogP contribution in [0.3, 0.4) is 0 Å². The molecule has 2 amide bonds. The third-order valence-corrected chi connectivity index (χ3v) is 4.40. The highest BCUT2D eigenvalue weighted by Crippen LogP contribution is 2.17. The Balaban J connectivity index is 1.89. The van der Waals surface area contributed by atoms with E-state index < -0.39 is 11.8 Å². The van der Waals surface area contributed by atoms with Gasteiger partial charge in [0.25, 0.3) is 11.8 Å². The van der Waals surface area contributed by atoms with Crippen molar-refractivity contribution in [2.45, 2.75) is 0 Å². The second-order valence-corrected chi connectivity index (χ2v) is 6.49. The van der Waals surface area contributed by atoms with E-state index in [2.05, 4.69) is 10.6 Å². The Bertz CT molecular complexity index is 1030. The fraction of sp³-hybridized carbons (Fsp3) is 0.0435. The largest absolute Gasteiger partial charge is 0.497 e. The molecule has 0 spiro atoms. The van der Waals surface area contributed by atoms with E-state index in [0.717, 1.165) is 5.56 Å². The van der Waals surface area contributed by atoms with E-state index in [9.17, 15) is 9.59 Å². The molecule has 0 saturated carbocycles. The highest BCUT2D eigenvalue weighted by molar-refractivity contribution is 6.34. The molecule has 0 aliphatic heterocycles. The number of ether oxygens (including phenoxy) is 1. The highest BCUT2D eigenvalue weighted by Gasteiger charge is 2.16. The predicted molar refractivity (Wildman–Crippen MR) is 115 cm³/mol. The van der Waals surface area contributed by atoms with Gasteiger partial charge in [0.2, 0.25) is 0 Å². The third kappa shape index (κ3) is 5.46. The van der Waals surface area contributed by atoms with Crippen LogP contribution in [0.5, 0.6) is 5.75 Å². The van der Waals surface area contributed by atoms with Gasteiger partial charge in [0.05, 0.1) is 17.7 Å². The van der Waals surface area contributed by atoms with Gasteiger partial charge >= 0.3 is 0 Å². The third-order valence-electron chi connectivity index (χ3n) is 4.07. The van der Waals surface area contributed by atoms with Gasteiger partial charge in [-0.3, -0.25) is 9.59 Å². The van der Waals surface area contributed by atoms with Crippen LogP contribution in [0.1, 0.15) is 15.9 Å². The molecular formula is C23H19ClN2O3. The molecule has 2 N–H and O–H groups in total. The Kier molecular flexibility index (Phi) is 6.66. The minimum atomic E-state index is -0.474. The lowest BCUT2D eigenvalue weighted by Crippen LogP contribution is -2.30. The number of nitrogens with one attached hydrogen (secondary N) is 2. The number of rotatable bonds is 6. The second-order valence-electron chi connectivity index (χ2n) is 6.09. The molecule has 5 nitrogen and oxygen atoms in total. The van der Waals surface area contributed by atoms with Crippen LogP contribution in [0.2, 0.25) is 5.02 Å². The molecule has 3 aromatic rings. The van der Waals surface area contributed by atoms with Gasteiger partial charge in [0, 0.05) is 5.69 Å². The van der Waals surface area contributed by atoms with Crippen LogP contribution in [-0.4, -0.2) is 18.9 Å². The number of para-hydroxylation sites is 1. The lowest BCUT2D eigenvalue weighted by molar-refractivity contribution is -0.113. The van der Waals surface area contributed by atoms with E-state index in [4.69, 9.17) is 16.3 Å². The molecule has 0 heterocycles. The van der Waals surface area contributed by atoms with Crippen molar-refractivity contribution in [3.63, 3.8) is 0 Å². The summed E-state index contributed by atoms with van der Waals surface area (Å²) in [7, 11) is 1.58. The van der Waals surface area contributed by atoms with Crippen molar-refractivity contribution in [2.75, 3.05) is 12.4 Å². The van der Waals surface area contributed by atoms with Gasteiger partial charge < -0.3 is 15.4 Å². The van der Waals surface area contributed by atoms with Crippen molar-refractivity contribution >= 4 is 35.2 Å². The minimum absolute atomic E-state index is 0.0870. The van der Waals surface area contributed by atoms with Gasteiger partial charge in [0.1, 0.15) is 11.4 Å². The lowest BCUT2D eigenvalue weighted by atomic mass is 10.1. The first-order valence-corrected chi connectivity index (χ1v) is 9.22. The van der Waals surface area contributed by atoms with E-state index in [1.54, 1.807) is 73.8 Å². The summed E-state index contributed by atoms with van der Waals surface area (Å²) in [5.74, 6) is -0.233. The van der Waals surface area contributed by atoms with Crippen molar-refractivity contribution in [1.29, 1.82) is 0 Å². The molecule has 29 heavy (non-hydrogen) atoms. The zero-order valence-electron chi connectivity index (χ0n) is 15.7. The number of hydrogen-bond acceptors (Lipinski definition) is 3. The average molecular weight is 407 g/mol.